The van der Waals surface area contributed by atoms with Crippen LogP contribution < -0.4 is 0 Å². The molecule has 132 valence electrons. The minimum Gasteiger partial charge on any atom is -0.508 e. The summed E-state index contributed by atoms with van der Waals surface area (Å²) in [7, 11) is 0. The second-order valence-electron chi connectivity index (χ2n) is 5.37. The van der Waals surface area contributed by atoms with Crippen LogP contribution in [0.4, 0.5) is 0 Å². The van der Waals surface area contributed by atoms with Gasteiger partial charge in [-0.1, -0.05) is 17.3 Å². The second kappa shape index (κ2) is 8.84. The van der Waals surface area contributed by atoms with E-state index in [9.17, 15) is 15.0 Å². The van der Waals surface area contributed by atoms with Gasteiger partial charge >= 0.3 is 5.97 Å². The first kappa shape index (κ1) is 18.5. The van der Waals surface area contributed by atoms with E-state index in [0.29, 0.717) is 23.4 Å². The molecule has 2 aromatic carbocycles. The summed E-state index contributed by atoms with van der Waals surface area (Å²) in [5.41, 5.74) is 3.03. The smallest absolute Gasteiger partial charge is 0.338 e. The number of esters is 1. The maximum absolute atomic E-state index is 11.7. The van der Waals surface area contributed by atoms with Gasteiger partial charge in [-0.2, -0.15) is 0 Å². The minimum absolute atomic E-state index is 0.0377. The molecule has 0 radical (unpaired) electrons. The fraction of sp³-hybridized carbons (Fsp3) is 0.263. The summed E-state index contributed by atoms with van der Waals surface area (Å²) >= 11 is 0. The number of carbonyl (C=O) groups is 1. The Bertz CT molecular complexity index is 770. The number of nitrogens with zero attached hydrogens (tertiary/aromatic N) is 1. The molecule has 0 atom stereocenters. The lowest BCUT2D eigenvalue weighted by molar-refractivity contribution is 0.0526. The van der Waals surface area contributed by atoms with Crippen molar-refractivity contribution in [2.75, 3.05) is 6.61 Å². The van der Waals surface area contributed by atoms with E-state index < -0.39 is 0 Å². The van der Waals surface area contributed by atoms with Gasteiger partial charge < -0.3 is 19.8 Å². The Morgan fingerprint density at radius 3 is 2.68 bits per heavy atom. The van der Waals surface area contributed by atoms with Gasteiger partial charge in [0.2, 0.25) is 0 Å². The molecule has 2 aromatic rings. The van der Waals surface area contributed by atoms with Crippen LogP contribution in [0.3, 0.4) is 0 Å². The van der Waals surface area contributed by atoms with Gasteiger partial charge in [0.15, 0.2) is 0 Å². The van der Waals surface area contributed by atoms with E-state index in [0.717, 1.165) is 11.1 Å². The fourth-order valence-corrected chi connectivity index (χ4v) is 2.20. The molecule has 6 nitrogen and oxygen atoms in total. The zero-order chi connectivity index (χ0) is 18.2. The van der Waals surface area contributed by atoms with Crippen LogP contribution in [0.2, 0.25) is 0 Å². The standard InChI is InChI=1S/C19H21NO5/c1-3-24-19(23)16-6-4-5-14(9-16)12-25-20-13(2)15-7-8-18(22)17(10-15)11-21/h4-10,21-22H,3,11-12H2,1-2H3/b20-13+. The van der Waals surface area contributed by atoms with Crippen molar-refractivity contribution in [1.29, 1.82) is 0 Å². The van der Waals surface area contributed by atoms with Gasteiger partial charge in [-0.15, -0.1) is 0 Å². The molecule has 0 heterocycles. The van der Waals surface area contributed by atoms with Crippen molar-refractivity contribution >= 4 is 11.7 Å². The SMILES string of the molecule is CCOC(=O)c1cccc(CO/N=C(\C)c2ccc(O)c(CO)c2)c1. The molecule has 6 heteroatoms. The Hall–Kier alpha value is -2.86. The molecule has 25 heavy (non-hydrogen) atoms. The molecular formula is C19H21NO5. The summed E-state index contributed by atoms with van der Waals surface area (Å²) in [4.78, 5) is 17.1. The largest absolute Gasteiger partial charge is 0.508 e. The van der Waals surface area contributed by atoms with Crippen molar-refractivity contribution in [2.24, 2.45) is 5.16 Å². The summed E-state index contributed by atoms with van der Waals surface area (Å²) < 4.78 is 4.97. The number of aromatic hydroxyl groups is 1. The van der Waals surface area contributed by atoms with E-state index in [2.05, 4.69) is 5.16 Å². The first-order chi connectivity index (χ1) is 12.0. The van der Waals surface area contributed by atoms with E-state index in [-0.39, 0.29) is 24.9 Å². The number of oxime groups is 1. The van der Waals surface area contributed by atoms with Crippen LogP contribution in [0.15, 0.2) is 47.6 Å². The Balaban J connectivity index is 2.03. The number of hydrogen-bond donors (Lipinski definition) is 2. The number of ether oxygens (including phenoxy) is 1. The minimum atomic E-state index is -0.371. The fourth-order valence-electron chi connectivity index (χ4n) is 2.20. The van der Waals surface area contributed by atoms with Crippen LogP contribution in [-0.2, 0) is 22.8 Å². The van der Waals surface area contributed by atoms with Gasteiger partial charge in [-0.25, -0.2) is 4.79 Å². The quantitative estimate of drug-likeness (QED) is 0.458. The zero-order valence-electron chi connectivity index (χ0n) is 14.2. The van der Waals surface area contributed by atoms with E-state index in [1.807, 2.05) is 6.07 Å². The molecule has 2 rings (SSSR count). The Morgan fingerprint density at radius 2 is 1.96 bits per heavy atom. The highest BCUT2D eigenvalue weighted by molar-refractivity contribution is 5.98. The molecule has 0 saturated heterocycles. The Labute approximate surface area is 146 Å². The molecule has 0 saturated carbocycles. The van der Waals surface area contributed by atoms with E-state index in [1.165, 1.54) is 6.07 Å². The summed E-state index contributed by atoms with van der Waals surface area (Å²) in [6.45, 7) is 3.80. The maximum Gasteiger partial charge on any atom is 0.338 e. The molecule has 0 amide bonds. The number of rotatable bonds is 7. The number of aliphatic hydroxyl groups is 1. The van der Waals surface area contributed by atoms with Crippen molar-refractivity contribution < 1.29 is 24.6 Å². The number of phenols is 1. The van der Waals surface area contributed by atoms with Gasteiger partial charge in [0.1, 0.15) is 12.4 Å². The monoisotopic (exact) mass is 343 g/mol. The van der Waals surface area contributed by atoms with Crippen LogP contribution in [0.5, 0.6) is 5.75 Å². The molecule has 0 fully saturated rings. The molecule has 0 aliphatic heterocycles. The first-order valence-corrected chi connectivity index (χ1v) is 7.91. The predicted molar refractivity (Wildman–Crippen MR) is 93.4 cm³/mol. The van der Waals surface area contributed by atoms with Crippen LogP contribution in [0, 0.1) is 0 Å². The van der Waals surface area contributed by atoms with Gasteiger partial charge in [0.05, 0.1) is 24.5 Å². The Kier molecular flexibility index (Phi) is 6.54. The van der Waals surface area contributed by atoms with Gasteiger partial charge in [-0.3, -0.25) is 0 Å². The van der Waals surface area contributed by atoms with Crippen LogP contribution in [-0.4, -0.2) is 28.5 Å². The lowest BCUT2D eigenvalue weighted by Crippen LogP contribution is -2.05. The van der Waals surface area contributed by atoms with Crippen molar-refractivity contribution in [3.05, 3.63) is 64.7 Å². The summed E-state index contributed by atoms with van der Waals surface area (Å²) in [5, 5.41) is 22.8. The van der Waals surface area contributed by atoms with Gasteiger partial charge in [0.25, 0.3) is 0 Å². The van der Waals surface area contributed by atoms with E-state index >= 15 is 0 Å². The maximum atomic E-state index is 11.7. The average Bonchev–Trinajstić information content (AvgIpc) is 2.62. The summed E-state index contributed by atoms with van der Waals surface area (Å²) in [5.74, 6) is -0.333. The molecule has 2 N–H and O–H groups in total. The van der Waals surface area contributed by atoms with E-state index in [4.69, 9.17) is 9.57 Å². The normalized spacial score (nSPS) is 11.2. The van der Waals surface area contributed by atoms with Crippen LogP contribution >= 0.6 is 0 Å². The molecule has 0 aromatic heterocycles. The van der Waals surface area contributed by atoms with Crippen molar-refractivity contribution in [3.63, 3.8) is 0 Å². The molecule has 0 unspecified atom stereocenters. The average molecular weight is 343 g/mol. The zero-order valence-corrected chi connectivity index (χ0v) is 14.2. The predicted octanol–water partition coefficient (Wildman–Crippen LogP) is 3.00. The molecule has 0 aliphatic carbocycles. The third-order valence-electron chi connectivity index (χ3n) is 3.54. The van der Waals surface area contributed by atoms with Crippen LogP contribution in [0.1, 0.15) is 40.9 Å². The molecule has 0 bridgehead atoms. The number of aliphatic hydroxyl groups excluding tert-OH is 1. The molecule has 0 aliphatic rings. The topological polar surface area (TPSA) is 88.4 Å². The lowest BCUT2D eigenvalue weighted by atomic mass is 10.1. The number of hydrogen-bond acceptors (Lipinski definition) is 6. The number of benzene rings is 2. The second-order valence-corrected chi connectivity index (χ2v) is 5.37. The van der Waals surface area contributed by atoms with Crippen molar-refractivity contribution in [1.82, 2.24) is 0 Å². The lowest BCUT2D eigenvalue weighted by Gasteiger charge is -2.07. The third-order valence-corrected chi connectivity index (χ3v) is 3.54. The highest BCUT2D eigenvalue weighted by atomic mass is 16.6. The van der Waals surface area contributed by atoms with E-state index in [1.54, 1.807) is 44.2 Å². The Morgan fingerprint density at radius 1 is 1.16 bits per heavy atom. The molecule has 0 spiro atoms. The highest BCUT2D eigenvalue weighted by Gasteiger charge is 2.07. The van der Waals surface area contributed by atoms with Crippen LogP contribution in [0.25, 0.3) is 0 Å². The molecular weight excluding hydrogens is 322 g/mol. The van der Waals surface area contributed by atoms with Crippen molar-refractivity contribution in [2.45, 2.75) is 27.1 Å². The van der Waals surface area contributed by atoms with Crippen molar-refractivity contribution in [3.8, 4) is 5.75 Å². The highest BCUT2D eigenvalue weighted by Crippen LogP contribution is 2.19. The first-order valence-electron chi connectivity index (χ1n) is 7.91. The van der Waals surface area contributed by atoms with Gasteiger partial charge in [-0.05, 0) is 55.3 Å². The third kappa shape index (κ3) is 5.06. The summed E-state index contributed by atoms with van der Waals surface area (Å²) in [6, 6.07) is 11.8. The number of carbonyl (C=O) groups excluding carboxylic acids is 1. The summed E-state index contributed by atoms with van der Waals surface area (Å²) in [6.07, 6.45) is 0. The van der Waals surface area contributed by atoms with Gasteiger partial charge in [0, 0.05) is 5.56 Å².